The Hall–Kier alpha value is -0.400. The lowest BCUT2D eigenvalue weighted by molar-refractivity contribution is 0.108. The Balaban J connectivity index is 2.43. The molecule has 0 bridgehead atoms. The third kappa shape index (κ3) is 5.93. The molecule has 114 valence electrons. The van der Waals surface area contributed by atoms with Crippen molar-refractivity contribution in [3.63, 3.8) is 0 Å². The van der Waals surface area contributed by atoms with Gasteiger partial charge in [-0.05, 0) is 18.4 Å². The van der Waals surface area contributed by atoms with Crippen LogP contribution in [0.5, 0.6) is 0 Å². The monoisotopic (exact) mass is 340 g/mol. The predicted octanol–water partition coefficient (Wildman–Crippen LogP) is 2.73. The van der Waals surface area contributed by atoms with Gasteiger partial charge in [-0.1, -0.05) is 37.0 Å². The average molecular weight is 341 g/mol. The summed E-state index contributed by atoms with van der Waals surface area (Å²) in [6.45, 7) is 5.59. The molecule has 1 N–H and O–H groups in total. The van der Waals surface area contributed by atoms with E-state index in [1.165, 1.54) is 12.3 Å². The molecular weight excluding hydrogens is 323 g/mol. The molecule has 0 amide bonds. The van der Waals surface area contributed by atoms with Crippen LogP contribution in [-0.4, -0.2) is 33.2 Å². The summed E-state index contributed by atoms with van der Waals surface area (Å²) in [4.78, 5) is 3.71. The third-order valence-corrected chi connectivity index (χ3v) is 4.40. The first-order valence-electron chi connectivity index (χ1n) is 6.21. The van der Waals surface area contributed by atoms with Crippen molar-refractivity contribution < 1.29 is 13.2 Å². The van der Waals surface area contributed by atoms with Crippen LogP contribution in [-0.2, 0) is 14.8 Å². The van der Waals surface area contributed by atoms with Crippen molar-refractivity contribution in [1.82, 2.24) is 9.71 Å². The first kappa shape index (κ1) is 17.7. The van der Waals surface area contributed by atoms with Crippen molar-refractivity contribution in [3.05, 3.63) is 22.4 Å². The smallest absolute Gasteiger partial charge is 0.242 e. The normalized spacial score (nSPS) is 12.1. The molecular formula is C12H18Cl2N2O3S. The molecule has 0 saturated carbocycles. The van der Waals surface area contributed by atoms with E-state index in [9.17, 15) is 8.42 Å². The number of nitrogens with one attached hydrogen (secondary N) is 1. The van der Waals surface area contributed by atoms with Crippen molar-refractivity contribution in [3.8, 4) is 0 Å². The number of sulfonamides is 1. The van der Waals surface area contributed by atoms with E-state index < -0.39 is 10.0 Å². The zero-order valence-corrected chi connectivity index (χ0v) is 13.7. The van der Waals surface area contributed by atoms with Gasteiger partial charge in [-0.15, -0.1) is 0 Å². The largest absolute Gasteiger partial charge is 0.381 e. The summed E-state index contributed by atoms with van der Waals surface area (Å²) < 4.78 is 31.7. The van der Waals surface area contributed by atoms with E-state index in [1.54, 1.807) is 0 Å². The first-order chi connectivity index (χ1) is 9.33. The lowest BCUT2D eigenvalue weighted by Gasteiger charge is -2.08. The van der Waals surface area contributed by atoms with Crippen LogP contribution in [0, 0.1) is 5.92 Å². The van der Waals surface area contributed by atoms with Gasteiger partial charge in [0.2, 0.25) is 10.0 Å². The summed E-state index contributed by atoms with van der Waals surface area (Å²) in [5, 5.41) is 0.183. The van der Waals surface area contributed by atoms with Crippen LogP contribution < -0.4 is 4.72 Å². The Bertz CT molecular complexity index is 536. The Morgan fingerprint density at radius 2 is 2.10 bits per heavy atom. The third-order valence-electron chi connectivity index (χ3n) is 2.29. The summed E-state index contributed by atoms with van der Waals surface area (Å²) in [6, 6.07) is 1.27. The molecule has 0 aromatic carbocycles. The topological polar surface area (TPSA) is 68.3 Å². The van der Waals surface area contributed by atoms with E-state index >= 15 is 0 Å². The maximum Gasteiger partial charge on any atom is 0.242 e. The van der Waals surface area contributed by atoms with Crippen LogP contribution in [0.2, 0.25) is 10.2 Å². The van der Waals surface area contributed by atoms with Gasteiger partial charge < -0.3 is 4.74 Å². The second kappa shape index (κ2) is 8.14. The lowest BCUT2D eigenvalue weighted by Crippen LogP contribution is -2.25. The molecule has 0 aliphatic heterocycles. The number of hydrogen-bond acceptors (Lipinski definition) is 4. The molecule has 5 nitrogen and oxygen atoms in total. The van der Waals surface area contributed by atoms with Gasteiger partial charge in [0.05, 0.1) is 5.02 Å². The first-order valence-corrected chi connectivity index (χ1v) is 8.45. The second-order valence-corrected chi connectivity index (χ2v) is 7.20. The van der Waals surface area contributed by atoms with Crippen LogP contribution >= 0.6 is 23.2 Å². The van der Waals surface area contributed by atoms with Crippen LogP contribution in [0.3, 0.4) is 0 Å². The van der Waals surface area contributed by atoms with Gasteiger partial charge >= 0.3 is 0 Å². The molecule has 0 unspecified atom stereocenters. The Morgan fingerprint density at radius 3 is 2.70 bits per heavy atom. The molecule has 0 fully saturated rings. The number of hydrogen-bond donors (Lipinski definition) is 1. The lowest BCUT2D eigenvalue weighted by atomic mass is 10.2. The number of pyridine rings is 1. The number of halogens is 2. The Labute approximate surface area is 129 Å². The highest BCUT2D eigenvalue weighted by molar-refractivity contribution is 7.89. The van der Waals surface area contributed by atoms with Gasteiger partial charge in [-0.2, -0.15) is 0 Å². The van der Waals surface area contributed by atoms with Gasteiger partial charge in [-0.25, -0.2) is 18.1 Å². The van der Waals surface area contributed by atoms with Crippen molar-refractivity contribution >= 4 is 33.2 Å². The second-order valence-electron chi connectivity index (χ2n) is 4.66. The molecule has 0 saturated heterocycles. The van der Waals surface area contributed by atoms with E-state index in [0.717, 1.165) is 0 Å². The molecule has 1 aromatic heterocycles. The molecule has 1 heterocycles. The van der Waals surface area contributed by atoms with Crippen molar-refractivity contribution in [2.24, 2.45) is 5.92 Å². The fourth-order valence-corrected chi connectivity index (χ4v) is 2.71. The van der Waals surface area contributed by atoms with Crippen LogP contribution in [0.4, 0.5) is 0 Å². The SMILES string of the molecule is CC(C)COCCCNS(=O)(=O)c1cnc(Cl)c(Cl)c1. The highest BCUT2D eigenvalue weighted by atomic mass is 35.5. The fraction of sp³-hybridized carbons (Fsp3) is 0.583. The minimum atomic E-state index is -3.61. The van der Waals surface area contributed by atoms with Crippen molar-refractivity contribution in [2.45, 2.75) is 25.2 Å². The van der Waals surface area contributed by atoms with Gasteiger partial charge in [0.25, 0.3) is 0 Å². The number of nitrogens with zero attached hydrogens (tertiary/aromatic N) is 1. The zero-order chi connectivity index (χ0) is 15.2. The molecule has 0 radical (unpaired) electrons. The highest BCUT2D eigenvalue weighted by Crippen LogP contribution is 2.21. The molecule has 0 aliphatic carbocycles. The van der Waals surface area contributed by atoms with E-state index in [-0.39, 0.29) is 15.1 Å². The quantitative estimate of drug-likeness (QED) is 0.583. The van der Waals surface area contributed by atoms with Crippen LogP contribution in [0.1, 0.15) is 20.3 Å². The maximum absolute atomic E-state index is 11.9. The summed E-state index contributed by atoms with van der Waals surface area (Å²) in [5.41, 5.74) is 0. The van der Waals surface area contributed by atoms with E-state index in [2.05, 4.69) is 23.6 Å². The Morgan fingerprint density at radius 1 is 1.40 bits per heavy atom. The number of rotatable bonds is 8. The van der Waals surface area contributed by atoms with Crippen LogP contribution in [0.15, 0.2) is 17.2 Å². The summed E-state index contributed by atoms with van der Waals surface area (Å²) in [6.07, 6.45) is 1.77. The average Bonchev–Trinajstić information content (AvgIpc) is 2.36. The van der Waals surface area contributed by atoms with E-state index in [1.807, 2.05) is 0 Å². The zero-order valence-electron chi connectivity index (χ0n) is 11.4. The molecule has 1 aromatic rings. The standard InChI is InChI=1S/C12H18Cl2N2O3S/c1-9(2)8-19-5-3-4-16-20(17,18)10-6-11(13)12(14)15-7-10/h6-7,9,16H,3-5,8H2,1-2H3. The molecule has 20 heavy (non-hydrogen) atoms. The Kier molecular flexibility index (Phi) is 7.19. The van der Waals surface area contributed by atoms with E-state index in [4.69, 9.17) is 27.9 Å². The molecule has 0 spiro atoms. The van der Waals surface area contributed by atoms with Gasteiger partial charge in [0.15, 0.2) is 0 Å². The van der Waals surface area contributed by atoms with E-state index in [0.29, 0.717) is 32.1 Å². The molecule has 0 aliphatic rings. The van der Waals surface area contributed by atoms with Gasteiger partial charge in [0.1, 0.15) is 10.0 Å². The molecule has 1 rings (SSSR count). The summed E-state index contributed by atoms with van der Waals surface area (Å²) in [5.74, 6) is 0.467. The van der Waals surface area contributed by atoms with Gasteiger partial charge in [-0.3, -0.25) is 0 Å². The fourth-order valence-electron chi connectivity index (χ4n) is 1.33. The van der Waals surface area contributed by atoms with Crippen molar-refractivity contribution in [2.75, 3.05) is 19.8 Å². The summed E-state index contributed by atoms with van der Waals surface area (Å²) in [7, 11) is -3.61. The molecule has 0 atom stereocenters. The number of aromatic nitrogens is 1. The number of ether oxygens (including phenoxy) is 1. The maximum atomic E-state index is 11.9. The minimum Gasteiger partial charge on any atom is -0.381 e. The minimum absolute atomic E-state index is 0.00463. The van der Waals surface area contributed by atoms with Crippen molar-refractivity contribution in [1.29, 1.82) is 0 Å². The summed E-state index contributed by atoms with van der Waals surface area (Å²) >= 11 is 11.4. The predicted molar refractivity (Wildman–Crippen MR) is 79.7 cm³/mol. The molecule has 8 heteroatoms. The highest BCUT2D eigenvalue weighted by Gasteiger charge is 2.15. The van der Waals surface area contributed by atoms with Crippen LogP contribution in [0.25, 0.3) is 0 Å². The van der Waals surface area contributed by atoms with Gasteiger partial charge in [0, 0.05) is 26.0 Å².